The molecule has 0 amide bonds. The van der Waals surface area contributed by atoms with Gasteiger partial charge in [-0.2, -0.15) is 0 Å². The van der Waals surface area contributed by atoms with Gasteiger partial charge in [0.05, 0.1) is 19.3 Å². The first-order chi connectivity index (χ1) is 17.3. The summed E-state index contributed by atoms with van der Waals surface area (Å²) in [5.41, 5.74) is 1.10. The van der Waals surface area contributed by atoms with Gasteiger partial charge in [0.25, 0.3) is 10.0 Å². The smallest absolute Gasteiger partial charge is 0.266 e. The van der Waals surface area contributed by atoms with Crippen LogP contribution in [0.5, 0.6) is 5.75 Å². The summed E-state index contributed by atoms with van der Waals surface area (Å²) in [7, 11) is -2.50. The number of hydrogen-bond donors (Lipinski definition) is 2. The number of halogens is 2. The summed E-state index contributed by atoms with van der Waals surface area (Å²) in [4.78, 5) is 4.33. The van der Waals surface area contributed by atoms with E-state index in [0.717, 1.165) is 22.4 Å². The minimum Gasteiger partial charge on any atom is -0.496 e. The highest BCUT2D eigenvalue weighted by atomic mass is 32.2. The summed E-state index contributed by atoms with van der Waals surface area (Å²) in [6.07, 6.45) is 0. The molecule has 1 aliphatic rings. The monoisotopic (exact) mass is 507 g/mol. The quantitative estimate of drug-likeness (QED) is 0.372. The lowest BCUT2D eigenvalue weighted by Gasteiger charge is -2.27. The lowest BCUT2D eigenvalue weighted by Crippen LogP contribution is -2.41. The number of sulfonamides is 1. The van der Waals surface area contributed by atoms with Gasteiger partial charge < -0.3 is 10.1 Å². The van der Waals surface area contributed by atoms with Crippen molar-refractivity contribution in [1.82, 2.24) is 4.72 Å². The number of guanidine groups is 1. The Balaban J connectivity index is 1.59. The molecular formula is C27H23F2N3O3S. The molecule has 0 fully saturated rings. The zero-order valence-electron chi connectivity index (χ0n) is 19.5. The van der Waals surface area contributed by atoms with E-state index in [1.54, 1.807) is 32.2 Å². The van der Waals surface area contributed by atoms with Crippen molar-refractivity contribution in [3.8, 4) is 5.75 Å². The second kappa shape index (κ2) is 9.23. The maximum atomic E-state index is 15.1. The van der Waals surface area contributed by atoms with Crippen molar-refractivity contribution in [3.63, 3.8) is 0 Å². The van der Waals surface area contributed by atoms with Crippen LogP contribution in [0.3, 0.4) is 0 Å². The summed E-state index contributed by atoms with van der Waals surface area (Å²) >= 11 is 0. The second-order valence-corrected chi connectivity index (χ2v) is 10.1. The molecule has 1 atom stereocenters. The van der Waals surface area contributed by atoms with Crippen molar-refractivity contribution < 1.29 is 21.9 Å². The van der Waals surface area contributed by atoms with Crippen molar-refractivity contribution in [3.05, 3.63) is 101 Å². The van der Waals surface area contributed by atoms with Crippen LogP contribution in [0.4, 0.5) is 14.5 Å². The van der Waals surface area contributed by atoms with E-state index >= 15 is 4.39 Å². The molecule has 1 aliphatic heterocycles. The highest BCUT2D eigenvalue weighted by Gasteiger charge is 2.32. The minimum absolute atomic E-state index is 0.0353. The Kier molecular flexibility index (Phi) is 6.09. The number of nitrogens with zero attached hydrogens (tertiary/aromatic N) is 1. The molecule has 9 heteroatoms. The molecule has 1 heterocycles. The van der Waals surface area contributed by atoms with Gasteiger partial charge in [-0.1, -0.05) is 55.5 Å². The van der Waals surface area contributed by atoms with Crippen molar-refractivity contribution in [1.29, 1.82) is 0 Å². The zero-order chi connectivity index (χ0) is 25.4. The van der Waals surface area contributed by atoms with E-state index in [4.69, 9.17) is 4.74 Å². The Morgan fingerprint density at radius 3 is 2.47 bits per heavy atom. The van der Waals surface area contributed by atoms with Gasteiger partial charge in [0, 0.05) is 17.0 Å². The Bertz CT molecular complexity index is 1620. The van der Waals surface area contributed by atoms with E-state index in [1.807, 2.05) is 36.4 Å². The average molecular weight is 508 g/mol. The Hall–Kier alpha value is -3.98. The van der Waals surface area contributed by atoms with Crippen LogP contribution >= 0.6 is 0 Å². The van der Waals surface area contributed by atoms with Crippen molar-refractivity contribution in [2.24, 2.45) is 4.99 Å². The molecule has 1 unspecified atom stereocenters. The van der Waals surface area contributed by atoms with E-state index in [9.17, 15) is 12.8 Å². The van der Waals surface area contributed by atoms with Gasteiger partial charge in [0.1, 0.15) is 22.3 Å². The third-order valence-corrected chi connectivity index (χ3v) is 7.72. The van der Waals surface area contributed by atoms with Gasteiger partial charge in [0.15, 0.2) is 0 Å². The van der Waals surface area contributed by atoms with Crippen molar-refractivity contribution >= 4 is 32.4 Å². The maximum absolute atomic E-state index is 15.1. The largest absolute Gasteiger partial charge is 0.496 e. The van der Waals surface area contributed by atoms with Gasteiger partial charge >= 0.3 is 0 Å². The summed E-state index contributed by atoms with van der Waals surface area (Å²) < 4.78 is 63.7. The Labute approximate surface area is 207 Å². The normalized spacial score (nSPS) is 16.2. The lowest BCUT2D eigenvalue weighted by atomic mass is 9.91. The van der Waals surface area contributed by atoms with Gasteiger partial charge in [-0.3, -0.25) is 0 Å². The topological polar surface area (TPSA) is 79.8 Å². The lowest BCUT2D eigenvalue weighted by molar-refractivity contribution is 0.411. The fourth-order valence-electron chi connectivity index (χ4n) is 4.56. The Morgan fingerprint density at radius 1 is 0.944 bits per heavy atom. The van der Waals surface area contributed by atoms with Crippen molar-refractivity contribution in [2.45, 2.75) is 24.3 Å². The van der Waals surface area contributed by atoms with Gasteiger partial charge in [-0.15, -0.1) is 0 Å². The second-order valence-electron chi connectivity index (χ2n) is 8.44. The summed E-state index contributed by atoms with van der Waals surface area (Å²) in [6, 6.07) is 19.8. The molecular weight excluding hydrogens is 484 g/mol. The molecule has 36 heavy (non-hydrogen) atoms. The van der Waals surface area contributed by atoms with Gasteiger partial charge in [-0.05, 0) is 40.6 Å². The highest BCUT2D eigenvalue weighted by molar-refractivity contribution is 7.90. The molecule has 0 aromatic heterocycles. The Morgan fingerprint density at radius 2 is 1.69 bits per heavy atom. The highest BCUT2D eigenvalue weighted by Crippen LogP contribution is 2.39. The number of anilines is 1. The van der Waals surface area contributed by atoms with Crippen molar-refractivity contribution in [2.75, 3.05) is 12.4 Å². The molecule has 2 N–H and O–H groups in total. The van der Waals surface area contributed by atoms with Crippen LogP contribution in [0, 0.1) is 11.6 Å². The maximum Gasteiger partial charge on any atom is 0.266 e. The summed E-state index contributed by atoms with van der Waals surface area (Å²) in [5, 5.41) is 4.85. The molecule has 4 aromatic rings. The molecule has 5 rings (SSSR count). The van der Waals surface area contributed by atoms with Gasteiger partial charge in [-0.25, -0.2) is 26.9 Å². The standard InChI is InChI=1S/C27H23F2N3O3S/c1-16(18-8-5-6-10-21(18)28)25-22(29)12-14-24-26(25)31-27(32-36(24,33)34)30-15-20-19-9-4-3-7-17(19)11-13-23(20)35-2/h3-14,16H,15H2,1-2H3,(H2,30,31,32). The van der Waals surface area contributed by atoms with E-state index < -0.39 is 27.6 Å². The summed E-state index contributed by atoms with van der Waals surface area (Å²) in [6.45, 7) is 1.73. The number of methoxy groups -OCH3 is 1. The molecule has 184 valence electrons. The fourth-order valence-corrected chi connectivity index (χ4v) is 5.72. The van der Waals surface area contributed by atoms with E-state index in [0.29, 0.717) is 5.75 Å². The minimum atomic E-state index is -4.05. The molecule has 0 aliphatic carbocycles. The number of benzene rings is 4. The van der Waals surface area contributed by atoms with E-state index in [-0.39, 0.29) is 34.2 Å². The predicted octanol–water partition coefficient (Wildman–Crippen LogP) is 5.54. The molecule has 6 nitrogen and oxygen atoms in total. The van der Waals surface area contributed by atoms with Gasteiger partial charge in [0.2, 0.25) is 5.96 Å². The van der Waals surface area contributed by atoms with Crippen LogP contribution in [0.25, 0.3) is 10.8 Å². The van der Waals surface area contributed by atoms with Crippen LogP contribution in [0.2, 0.25) is 0 Å². The zero-order valence-corrected chi connectivity index (χ0v) is 20.4. The number of aliphatic imine (C=N–C) groups is 1. The number of rotatable bonds is 5. The first-order valence-electron chi connectivity index (χ1n) is 11.3. The van der Waals surface area contributed by atoms with E-state index in [2.05, 4.69) is 15.0 Å². The molecule has 0 spiro atoms. The molecule has 0 saturated carbocycles. The van der Waals surface area contributed by atoms with Crippen LogP contribution < -0.4 is 14.8 Å². The summed E-state index contributed by atoms with van der Waals surface area (Å²) in [5.74, 6) is -1.37. The van der Waals surface area contributed by atoms with E-state index in [1.165, 1.54) is 12.1 Å². The number of ether oxygens (including phenoxy) is 1. The van der Waals surface area contributed by atoms with Crippen LogP contribution in [-0.2, 0) is 16.6 Å². The molecule has 0 bridgehead atoms. The van der Waals surface area contributed by atoms with Crippen LogP contribution in [-0.4, -0.2) is 21.5 Å². The predicted molar refractivity (Wildman–Crippen MR) is 136 cm³/mol. The number of hydrogen-bond acceptors (Lipinski definition) is 4. The first kappa shape index (κ1) is 23.7. The third-order valence-electron chi connectivity index (χ3n) is 6.34. The number of fused-ring (bicyclic) bond motifs is 2. The third kappa shape index (κ3) is 4.15. The molecule has 0 radical (unpaired) electrons. The molecule has 4 aromatic carbocycles. The van der Waals surface area contributed by atoms with Crippen LogP contribution in [0.1, 0.15) is 29.5 Å². The fraction of sp³-hybridized carbons (Fsp3) is 0.148. The number of nitrogens with one attached hydrogen (secondary N) is 2. The molecule has 0 saturated heterocycles. The average Bonchev–Trinajstić information content (AvgIpc) is 2.86. The van der Waals surface area contributed by atoms with Crippen LogP contribution in [0.15, 0.2) is 82.7 Å². The first-order valence-corrected chi connectivity index (χ1v) is 12.7. The SMILES string of the molecule is COc1ccc2ccccc2c1CN=C1Nc2c(ccc(F)c2C(C)c2ccccc2F)S(=O)(=O)N1.